The molecule has 1 aromatic heterocycles. The maximum Gasteiger partial charge on any atom is 0.414 e. The topological polar surface area (TPSA) is 62.1 Å². The number of aryl methyl sites for hydroxylation is 1. The highest BCUT2D eigenvalue weighted by Crippen LogP contribution is 2.27. The predicted octanol–water partition coefficient (Wildman–Crippen LogP) is 2.82. The predicted molar refractivity (Wildman–Crippen MR) is 102 cm³/mol. The minimum Gasteiger partial charge on any atom is -0.447 e. The molecular weight excluding hydrogens is 344 g/mol. The average molecular weight is 370 g/mol. The zero-order valence-electron chi connectivity index (χ0n) is 15.9. The molecular formula is C20H26N4O3. The molecule has 0 unspecified atom stereocenters. The number of nitrogens with zero attached hydrogens (tertiary/aromatic N) is 4. The number of piperazine rings is 1. The van der Waals surface area contributed by atoms with Crippen molar-refractivity contribution in [3.05, 3.63) is 47.3 Å². The number of ether oxygens (including phenoxy) is 1. The second-order valence-electron chi connectivity index (χ2n) is 7.28. The summed E-state index contributed by atoms with van der Waals surface area (Å²) in [5.41, 5.74) is 3.15. The number of carbonyl (C=O) groups excluding carboxylic acids is 1. The number of rotatable bonds is 5. The van der Waals surface area contributed by atoms with Crippen molar-refractivity contribution in [2.24, 2.45) is 0 Å². The summed E-state index contributed by atoms with van der Waals surface area (Å²) in [5, 5.41) is 4.09. The van der Waals surface area contributed by atoms with Crippen molar-refractivity contribution in [2.75, 3.05) is 44.2 Å². The maximum absolute atomic E-state index is 11.8. The molecule has 2 aromatic rings. The van der Waals surface area contributed by atoms with Gasteiger partial charge in [0.05, 0.1) is 12.2 Å². The number of aromatic nitrogens is 1. The lowest BCUT2D eigenvalue weighted by molar-refractivity contribution is 0.0963. The Bertz CT molecular complexity index is 798. The molecule has 2 aliphatic rings. The van der Waals surface area contributed by atoms with Gasteiger partial charge in [0.2, 0.25) is 0 Å². The molecule has 7 nitrogen and oxygen atoms in total. The Labute approximate surface area is 159 Å². The van der Waals surface area contributed by atoms with Crippen LogP contribution >= 0.6 is 0 Å². The molecule has 0 radical (unpaired) electrons. The van der Waals surface area contributed by atoms with E-state index in [0.29, 0.717) is 19.2 Å². The second kappa shape index (κ2) is 7.70. The third-order valence-corrected chi connectivity index (χ3v) is 5.44. The molecule has 1 aromatic carbocycles. The summed E-state index contributed by atoms with van der Waals surface area (Å²) in [7, 11) is 0. The van der Waals surface area contributed by atoms with Gasteiger partial charge >= 0.3 is 6.09 Å². The van der Waals surface area contributed by atoms with E-state index in [1.165, 1.54) is 5.56 Å². The van der Waals surface area contributed by atoms with E-state index in [1.807, 2.05) is 25.1 Å². The first-order chi connectivity index (χ1) is 13.1. The zero-order chi connectivity index (χ0) is 18.8. The number of hydrogen-bond donors (Lipinski definition) is 0. The monoisotopic (exact) mass is 370 g/mol. The van der Waals surface area contributed by atoms with E-state index in [0.717, 1.165) is 49.9 Å². The lowest BCUT2D eigenvalue weighted by atomic mass is 10.0. The third-order valence-electron chi connectivity index (χ3n) is 5.44. The number of benzene rings is 1. The molecule has 144 valence electrons. The molecule has 0 bridgehead atoms. The van der Waals surface area contributed by atoms with E-state index >= 15 is 0 Å². The lowest BCUT2D eigenvalue weighted by Gasteiger charge is -2.38. The molecule has 2 saturated heterocycles. The Morgan fingerprint density at radius 3 is 2.63 bits per heavy atom. The fourth-order valence-corrected chi connectivity index (χ4v) is 3.82. The largest absolute Gasteiger partial charge is 0.447 e. The van der Waals surface area contributed by atoms with Crippen molar-refractivity contribution < 1.29 is 14.1 Å². The Kier molecular flexibility index (Phi) is 5.13. The molecule has 27 heavy (non-hydrogen) atoms. The first-order valence-corrected chi connectivity index (χ1v) is 9.53. The smallest absolute Gasteiger partial charge is 0.414 e. The van der Waals surface area contributed by atoms with E-state index in [4.69, 9.17) is 9.26 Å². The number of hydrogen-bond acceptors (Lipinski definition) is 6. The van der Waals surface area contributed by atoms with Gasteiger partial charge in [0.1, 0.15) is 12.4 Å². The minimum atomic E-state index is -0.253. The standard InChI is InChI=1S/C20H26N4O3/c1-15-12-18(21-27-15)14-22-6-8-23(9-7-22)16(2)17-4-3-5-19(13-17)24-10-11-26-20(24)25/h3-5,12-13,16H,6-11,14H2,1-2H3/t16-/m1/s1. The third kappa shape index (κ3) is 3.99. The van der Waals surface area contributed by atoms with Crippen LogP contribution in [-0.2, 0) is 11.3 Å². The number of anilines is 1. The molecule has 0 spiro atoms. The van der Waals surface area contributed by atoms with E-state index in [1.54, 1.807) is 4.90 Å². The van der Waals surface area contributed by atoms with E-state index in [2.05, 4.69) is 34.0 Å². The Morgan fingerprint density at radius 1 is 1.15 bits per heavy atom. The fraction of sp³-hybridized carbons (Fsp3) is 0.500. The van der Waals surface area contributed by atoms with Gasteiger partial charge in [0.25, 0.3) is 0 Å². The lowest BCUT2D eigenvalue weighted by Crippen LogP contribution is -2.46. The van der Waals surface area contributed by atoms with Crippen molar-refractivity contribution in [3.8, 4) is 0 Å². The van der Waals surface area contributed by atoms with Crippen LogP contribution in [0, 0.1) is 6.92 Å². The Balaban J connectivity index is 1.36. The molecule has 0 saturated carbocycles. The summed E-state index contributed by atoms with van der Waals surface area (Å²) in [6, 6.07) is 10.6. The molecule has 1 amide bonds. The molecule has 0 aliphatic carbocycles. The number of carbonyl (C=O) groups is 1. The Hall–Kier alpha value is -2.38. The van der Waals surface area contributed by atoms with Crippen molar-refractivity contribution in [3.63, 3.8) is 0 Å². The van der Waals surface area contributed by atoms with Crippen molar-refractivity contribution in [2.45, 2.75) is 26.4 Å². The molecule has 0 N–H and O–H groups in total. The first kappa shape index (κ1) is 18.0. The molecule has 1 atom stereocenters. The van der Waals surface area contributed by atoms with E-state index < -0.39 is 0 Å². The number of amides is 1. The van der Waals surface area contributed by atoms with Gasteiger partial charge in [-0.05, 0) is 31.5 Å². The fourth-order valence-electron chi connectivity index (χ4n) is 3.82. The maximum atomic E-state index is 11.8. The molecule has 7 heteroatoms. The van der Waals surface area contributed by atoms with Crippen LogP contribution in [0.1, 0.15) is 30.0 Å². The second-order valence-corrected chi connectivity index (χ2v) is 7.28. The van der Waals surface area contributed by atoms with Crippen LogP contribution in [0.3, 0.4) is 0 Å². The van der Waals surface area contributed by atoms with Crippen LogP contribution in [0.25, 0.3) is 0 Å². The summed E-state index contributed by atoms with van der Waals surface area (Å²) in [6.45, 7) is 10.1. The average Bonchev–Trinajstić information content (AvgIpc) is 3.30. The van der Waals surface area contributed by atoms with Gasteiger partial charge in [0.15, 0.2) is 0 Å². The van der Waals surface area contributed by atoms with Gasteiger partial charge in [-0.2, -0.15) is 0 Å². The summed E-state index contributed by atoms with van der Waals surface area (Å²) in [6.07, 6.45) is -0.253. The van der Waals surface area contributed by atoms with Crippen molar-refractivity contribution in [1.82, 2.24) is 15.0 Å². The van der Waals surface area contributed by atoms with Crippen LogP contribution < -0.4 is 4.90 Å². The highest BCUT2D eigenvalue weighted by Gasteiger charge is 2.26. The van der Waals surface area contributed by atoms with Crippen molar-refractivity contribution in [1.29, 1.82) is 0 Å². The van der Waals surface area contributed by atoms with Crippen molar-refractivity contribution >= 4 is 11.8 Å². The van der Waals surface area contributed by atoms with Crippen LogP contribution in [0.5, 0.6) is 0 Å². The quantitative estimate of drug-likeness (QED) is 0.807. The van der Waals surface area contributed by atoms with Crippen LogP contribution in [0.2, 0.25) is 0 Å². The summed E-state index contributed by atoms with van der Waals surface area (Å²) in [5.74, 6) is 0.860. The highest BCUT2D eigenvalue weighted by atomic mass is 16.6. The van der Waals surface area contributed by atoms with Crippen LogP contribution in [0.15, 0.2) is 34.9 Å². The molecule has 3 heterocycles. The van der Waals surface area contributed by atoms with Gasteiger partial charge in [-0.15, -0.1) is 0 Å². The summed E-state index contributed by atoms with van der Waals surface area (Å²) < 4.78 is 10.2. The van der Waals surface area contributed by atoms with Crippen LogP contribution in [-0.4, -0.2) is 60.4 Å². The molecule has 2 fully saturated rings. The summed E-state index contributed by atoms with van der Waals surface area (Å²) in [4.78, 5) is 18.4. The normalized spacial score (nSPS) is 20.1. The van der Waals surface area contributed by atoms with Crippen LogP contribution in [0.4, 0.5) is 10.5 Å². The molecule has 2 aliphatic heterocycles. The first-order valence-electron chi connectivity index (χ1n) is 9.53. The van der Waals surface area contributed by atoms with Gasteiger partial charge in [-0.25, -0.2) is 4.79 Å². The Morgan fingerprint density at radius 2 is 1.96 bits per heavy atom. The SMILES string of the molecule is Cc1cc(CN2CCN([C@H](C)c3cccc(N4CCOC4=O)c3)CC2)no1. The highest BCUT2D eigenvalue weighted by molar-refractivity contribution is 5.89. The summed E-state index contributed by atoms with van der Waals surface area (Å²) >= 11 is 0. The van der Waals surface area contributed by atoms with Gasteiger partial charge in [0, 0.05) is 50.5 Å². The zero-order valence-corrected chi connectivity index (χ0v) is 15.9. The number of cyclic esters (lactones) is 1. The van der Waals surface area contributed by atoms with Gasteiger partial charge < -0.3 is 9.26 Å². The molecule has 4 rings (SSSR count). The van der Waals surface area contributed by atoms with E-state index in [-0.39, 0.29) is 6.09 Å². The van der Waals surface area contributed by atoms with E-state index in [9.17, 15) is 4.79 Å². The minimum absolute atomic E-state index is 0.253. The van der Waals surface area contributed by atoms with Gasteiger partial charge in [-0.1, -0.05) is 17.3 Å². The van der Waals surface area contributed by atoms with Gasteiger partial charge in [-0.3, -0.25) is 14.7 Å².